The Hall–Kier alpha value is -0.860. The summed E-state index contributed by atoms with van der Waals surface area (Å²) in [6.07, 6.45) is 7.38. The number of ether oxygens (including phenoxy) is 1. The van der Waals surface area contributed by atoms with Gasteiger partial charge in [0.25, 0.3) is 0 Å². The number of esters is 1. The molecule has 3 atom stereocenters. The van der Waals surface area contributed by atoms with E-state index in [0.29, 0.717) is 12.3 Å². The van der Waals surface area contributed by atoms with Gasteiger partial charge in [0, 0.05) is 12.3 Å². The largest absolute Gasteiger partial charge is 0.462 e. The summed E-state index contributed by atoms with van der Waals surface area (Å²) in [4.78, 5) is 23.3. The molecule has 3 fully saturated rings. The maximum absolute atomic E-state index is 11.9. The molecule has 3 rings (SSSR count). The molecule has 0 amide bonds. The summed E-state index contributed by atoms with van der Waals surface area (Å²) in [6, 6.07) is 0. The summed E-state index contributed by atoms with van der Waals surface area (Å²) in [5.74, 6) is 0.508. The molecule has 0 saturated heterocycles. The van der Waals surface area contributed by atoms with Gasteiger partial charge < -0.3 is 4.74 Å². The van der Waals surface area contributed by atoms with Gasteiger partial charge in [-0.05, 0) is 38.0 Å². The lowest BCUT2D eigenvalue weighted by Gasteiger charge is -2.22. The predicted molar refractivity (Wildman–Crippen MR) is 57.7 cm³/mol. The first kappa shape index (κ1) is 10.3. The summed E-state index contributed by atoms with van der Waals surface area (Å²) >= 11 is 0. The Kier molecular flexibility index (Phi) is 2.49. The summed E-state index contributed by atoms with van der Waals surface area (Å²) in [5, 5.41) is 0. The molecule has 3 heteroatoms. The van der Waals surface area contributed by atoms with Crippen LogP contribution in [0.15, 0.2) is 0 Å². The number of hydrogen-bond donors (Lipinski definition) is 0. The number of carbonyl (C=O) groups excluding carboxylic acids is 2. The Bertz CT molecular complexity index is 317. The molecule has 3 nitrogen and oxygen atoms in total. The number of hydrogen-bond acceptors (Lipinski definition) is 3. The Balaban J connectivity index is 1.53. The van der Waals surface area contributed by atoms with Crippen LogP contribution >= 0.6 is 0 Å². The standard InChI is InChI=1S/C13H18O3/c14-10-7-6-9-11(10)12(9)13(15)16-8-4-2-1-3-5-8/h8-9,11-12H,1-7H2. The van der Waals surface area contributed by atoms with E-state index in [1.165, 1.54) is 19.3 Å². The zero-order valence-electron chi connectivity index (χ0n) is 9.48. The van der Waals surface area contributed by atoms with E-state index in [9.17, 15) is 9.59 Å². The van der Waals surface area contributed by atoms with Crippen molar-refractivity contribution in [3.63, 3.8) is 0 Å². The van der Waals surface area contributed by atoms with E-state index in [2.05, 4.69) is 0 Å². The zero-order chi connectivity index (χ0) is 11.1. The lowest BCUT2D eigenvalue weighted by Crippen LogP contribution is -2.23. The van der Waals surface area contributed by atoms with Gasteiger partial charge in [-0.25, -0.2) is 0 Å². The van der Waals surface area contributed by atoms with Crippen LogP contribution in [0.25, 0.3) is 0 Å². The molecule has 0 bridgehead atoms. The molecule has 0 aromatic heterocycles. The van der Waals surface area contributed by atoms with Crippen molar-refractivity contribution < 1.29 is 14.3 Å². The second-order valence-corrected chi connectivity index (χ2v) is 5.42. The second kappa shape index (κ2) is 3.86. The third-order valence-electron chi connectivity index (χ3n) is 4.37. The van der Waals surface area contributed by atoms with E-state index in [1.54, 1.807) is 0 Å². The van der Waals surface area contributed by atoms with Gasteiger partial charge in [0.15, 0.2) is 0 Å². The molecular weight excluding hydrogens is 204 g/mol. The van der Waals surface area contributed by atoms with Crippen LogP contribution in [0, 0.1) is 17.8 Å². The minimum Gasteiger partial charge on any atom is -0.462 e. The number of rotatable bonds is 2. The minimum absolute atomic E-state index is 0.0380. The Morgan fingerprint density at radius 3 is 2.50 bits per heavy atom. The maximum atomic E-state index is 11.9. The first-order valence-corrected chi connectivity index (χ1v) is 6.50. The van der Waals surface area contributed by atoms with E-state index in [4.69, 9.17) is 4.74 Å². The van der Waals surface area contributed by atoms with Crippen LogP contribution in [0.4, 0.5) is 0 Å². The molecule has 88 valence electrons. The average molecular weight is 222 g/mol. The third kappa shape index (κ3) is 1.66. The summed E-state index contributed by atoms with van der Waals surface area (Å²) < 4.78 is 5.51. The Morgan fingerprint density at radius 2 is 1.88 bits per heavy atom. The normalized spacial score (nSPS) is 38.2. The summed E-state index contributed by atoms with van der Waals surface area (Å²) in [5.41, 5.74) is 0. The molecule has 0 aromatic carbocycles. The van der Waals surface area contributed by atoms with Crippen molar-refractivity contribution in [1.29, 1.82) is 0 Å². The van der Waals surface area contributed by atoms with E-state index in [1.807, 2.05) is 0 Å². The summed E-state index contributed by atoms with van der Waals surface area (Å²) in [6.45, 7) is 0. The van der Waals surface area contributed by atoms with Gasteiger partial charge in [0.2, 0.25) is 0 Å². The lowest BCUT2D eigenvalue weighted by atomic mass is 9.98. The molecule has 0 aromatic rings. The molecule has 0 spiro atoms. The highest BCUT2D eigenvalue weighted by Gasteiger charge is 2.62. The zero-order valence-corrected chi connectivity index (χ0v) is 9.48. The van der Waals surface area contributed by atoms with Crippen LogP contribution in [-0.4, -0.2) is 17.9 Å². The number of ketones is 1. The van der Waals surface area contributed by atoms with Crippen LogP contribution in [0.5, 0.6) is 0 Å². The fourth-order valence-corrected chi connectivity index (χ4v) is 3.39. The monoisotopic (exact) mass is 222 g/mol. The van der Waals surface area contributed by atoms with Gasteiger partial charge >= 0.3 is 5.97 Å². The summed E-state index contributed by atoms with van der Waals surface area (Å²) in [7, 11) is 0. The topological polar surface area (TPSA) is 43.4 Å². The lowest BCUT2D eigenvalue weighted by molar-refractivity contribution is -0.153. The fraction of sp³-hybridized carbons (Fsp3) is 0.846. The molecule has 3 aliphatic carbocycles. The van der Waals surface area contributed by atoms with Crippen LogP contribution < -0.4 is 0 Å². The second-order valence-electron chi connectivity index (χ2n) is 5.42. The molecule has 3 aliphatic rings. The third-order valence-corrected chi connectivity index (χ3v) is 4.37. The highest BCUT2D eigenvalue weighted by Crippen LogP contribution is 2.56. The fourth-order valence-electron chi connectivity index (χ4n) is 3.39. The SMILES string of the molecule is O=C1CCC2C1C2C(=O)OC1CCCCC1. The van der Waals surface area contributed by atoms with Crippen molar-refractivity contribution in [3.05, 3.63) is 0 Å². The molecule has 3 unspecified atom stereocenters. The van der Waals surface area contributed by atoms with Crippen molar-refractivity contribution in [1.82, 2.24) is 0 Å². The molecule has 0 heterocycles. The van der Waals surface area contributed by atoms with Crippen LogP contribution in [-0.2, 0) is 14.3 Å². The molecule has 0 radical (unpaired) electrons. The van der Waals surface area contributed by atoms with Crippen molar-refractivity contribution in [2.45, 2.75) is 51.0 Å². The van der Waals surface area contributed by atoms with Crippen molar-refractivity contribution in [2.75, 3.05) is 0 Å². The van der Waals surface area contributed by atoms with Gasteiger partial charge in [0.1, 0.15) is 11.9 Å². The average Bonchev–Trinajstić information content (AvgIpc) is 2.91. The minimum atomic E-state index is -0.0880. The number of fused-ring (bicyclic) bond motifs is 1. The number of carbonyl (C=O) groups is 2. The van der Waals surface area contributed by atoms with Gasteiger partial charge in [-0.1, -0.05) is 6.42 Å². The maximum Gasteiger partial charge on any atom is 0.310 e. The van der Waals surface area contributed by atoms with E-state index in [0.717, 1.165) is 19.3 Å². The van der Waals surface area contributed by atoms with Crippen LogP contribution in [0.2, 0.25) is 0 Å². The Labute approximate surface area is 95.5 Å². The van der Waals surface area contributed by atoms with Gasteiger partial charge in [-0.2, -0.15) is 0 Å². The van der Waals surface area contributed by atoms with E-state index < -0.39 is 0 Å². The van der Waals surface area contributed by atoms with Crippen molar-refractivity contribution >= 4 is 11.8 Å². The smallest absolute Gasteiger partial charge is 0.310 e. The van der Waals surface area contributed by atoms with E-state index in [-0.39, 0.29) is 29.7 Å². The molecule has 3 saturated carbocycles. The highest BCUT2D eigenvalue weighted by atomic mass is 16.5. The molecule has 0 N–H and O–H groups in total. The van der Waals surface area contributed by atoms with Crippen LogP contribution in [0.3, 0.4) is 0 Å². The molecule has 0 aliphatic heterocycles. The first-order chi connectivity index (χ1) is 7.77. The quantitative estimate of drug-likeness (QED) is 0.672. The first-order valence-electron chi connectivity index (χ1n) is 6.50. The molecular formula is C13H18O3. The Morgan fingerprint density at radius 1 is 1.12 bits per heavy atom. The van der Waals surface area contributed by atoms with Crippen molar-refractivity contribution in [3.8, 4) is 0 Å². The van der Waals surface area contributed by atoms with Gasteiger partial charge in [0.05, 0.1) is 5.92 Å². The van der Waals surface area contributed by atoms with Crippen molar-refractivity contribution in [2.24, 2.45) is 17.8 Å². The number of Topliss-reactive ketones (excluding diaryl/α,β-unsaturated/α-hetero) is 1. The predicted octanol–water partition coefficient (Wildman–Crippen LogP) is 2.09. The highest BCUT2D eigenvalue weighted by molar-refractivity contribution is 5.94. The van der Waals surface area contributed by atoms with Crippen LogP contribution in [0.1, 0.15) is 44.9 Å². The molecule has 16 heavy (non-hydrogen) atoms. The van der Waals surface area contributed by atoms with Gasteiger partial charge in [-0.3, -0.25) is 9.59 Å². The van der Waals surface area contributed by atoms with Gasteiger partial charge in [-0.15, -0.1) is 0 Å². The van der Waals surface area contributed by atoms with E-state index >= 15 is 0 Å².